The van der Waals surface area contributed by atoms with E-state index in [4.69, 9.17) is 10.8 Å². The second-order valence-corrected chi connectivity index (χ2v) is 1.85. The molecule has 0 fully saturated rings. The molecule has 0 unspecified atom stereocenters. The van der Waals surface area contributed by atoms with E-state index in [2.05, 4.69) is 4.74 Å². The topological polar surface area (TPSA) is 73.9 Å². The van der Waals surface area contributed by atoms with Crippen molar-refractivity contribution in [2.45, 2.75) is 6.92 Å². The molecule has 0 saturated heterocycles. The molecule has 13 heavy (non-hydrogen) atoms. The van der Waals surface area contributed by atoms with Crippen molar-refractivity contribution >= 4 is 5.97 Å². The molecule has 0 amide bonds. The van der Waals surface area contributed by atoms with Gasteiger partial charge in [0, 0.05) is 17.7 Å². The average Bonchev–Trinajstić information content (AvgIpc) is 2.24. The van der Waals surface area contributed by atoms with Crippen LogP contribution in [0, 0.1) is 10.8 Å². The number of hydrogen-bond donors (Lipinski definition) is 0. The molecule has 4 heteroatoms. The van der Waals surface area contributed by atoms with Crippen molar-refractivity contribution < 1.29 is 9.53 Å². The van der Waals surface area contributed by atoms with E-state index in [0.29, 0.717) is 0 Å². The average molecular weight is 180 g/mol. The third-order valence-corrected chi connectivity index (χ3v) is 0.954. The second-order valence-electron chi connectivity index (χ2n) is 1.85. The number of esters is 1. The summed E-state index contributed by atoms with van der Waals surface area (Å²) in [5.41, 5.74) is 0. The van der Waals surface area contributed by atoms with E-state index in [1.165, 1.54) is 14.0 Å². The Hall–Kier alpha value is -1.89. The van der Waals surface area contributed by atoms with Crippen LogP contribution in [0.3, 0.4) is 0 Å². The van der Waals surface area contributed by atoms with Gasteiger partial charge in [0.05, 0.1) is 7.11 Å². The van der Waals surface area contributed by atoms with Crippen molar-refractivity contribution in [2.75, 3.05) is 7.11 Å². The van der Waals surface area contributed by atoms with E-state index in [0.717, 1.165) is 0 Å². The van der Waals surface area contributed by atoms with Gasteiger partial charge in [0.1, 0.15) is 0 Å². The van der Waals surface area contributed by atoms with Crippen LogP contribution in [0.5, 0.6) is 0 Å². The monoisotopic (exact) mass is 180 g/mol. The van der Waals surface area contributed by atoms with Gasteiger partial charge in [0.15, 0.2) is 0 Å². The molecule has 0 bridgehead atoms. The standard InChI is InChI=1S/C6H6.C3H6O2.N2/c1-2-4-6-5-3-1;1-3(4)5-2;1-2/h1-6H;1-2H3;. The summed E-state index contributed by atoms with van der Waals surface area (Å²) >= 11 is 0. The lowest BCUT2D eigenvalue weighted by Crippen LogP contribution is -1.88. The molecule has 1 rings (SSSR count). The summed E-state index contributed by atoms with van der Waals surface area (Å²) in [5.74, 6) is -0.245. The quantitative estimate of drug-likeness (QED) is 0.451. The van der Waals surface area contributed by atoms with Crippen LogP contribution in [-0.2, 0) is 9.53 Å². The van der Waals surface area contributed by atoms with Gasteiger partial charge >= 0.3 is 5.97 Å². The van der Waals surface area contributed by atoms with Gasteiger partial charge in [-0.1, -0.05) is 36.4 Å². The van der Waals surface area contributed by atoms with Crippen LogP contribution in [0.15, 0.2) is 36.4 Å². The Morgan fingerprint density at radius 3 is 1.23 bits per heavy atom. The summed E-state index contributed by atoms with van der Waals surface area (Å²) in [6, 6.07) is 12.0. The molecule has 0 atom stereocenters. The molecule has 0 N–H and O–H groups in total. The van der Waals surface area contributed by atoms with Gasteiger partial charge in [0.25, 0.3) is 0 Å². The van der Waals surface area contributed by atoms with Gasteiger partial charge in [-0.15, -0.1) is 0 Å². The van der Waals surface area contributed by atoms with E-state index in [-0.39, 0.29) is 5.97 Å². The fourth-order valence-electron chi connectivity index (χ4n) is 0.385. The predicted molar refractivity (Wildman–Crippen MR) is 47.6 cm³/mol. The van der Waals surface area contributed by atoms with Crippen LogP contribution in [0.1, 0.15) is 6.92 Å². The number of methoxy groups -OCH3 is 1. The number of rotatable bonds is 0. The van der Waals surface area contributed by atoms with Crippen molar-refractivity contribution in [3.05, 3.63) is 36.4 Å². The van der Waals surface area contributed by atoms with E-state index in [9.17, 15) is 4.79 Å². The highest BCUT2D eigenvalue weighted by Crippen LogP contribution is 1.79. The van der Waals surface area contributed by atoms with Gasteiger partial charge in [-0.2, -0.15) is 0 Å². The summed E-state index contributed by atoms with van der Waals surface area (Å²) in [5, 5.41) is 12.0. The molecule has 0 saturated carbocycles. The number of benzene rings is 1. The first-order chi connectivity index (χ1) is 6.27. The molecule has 0 aromatic heterocycles. The van der Waals surface area contributed by atoms with Crippen LogP contribution in [-0.4, -0.2) is 13.1 Å². The highest BCUT2D eigenvalue weighted by Gasteiger charge is 1.75. The Morgan fingerprint density at radius 1 is 1.00 bits per heavy atom. The summed E-state index contributed by atoms with van der Waals surface area (Å²) in [7, 11) is 1.35. The Kier molecular flexibility index (Phi) is 13.4. The van der Waals surface area contributed by atoms with Crippen molar-refractivity contribution in [1.82, 2.24) is 0 Å². The Labute approximate surface area is 77.6 Å². The molecule has 1 aromatic rings. The van der Waals surface area contributed by atoms with Gasteiger partial charge in [-0.25, -0.2) is 0 Å². The molecular weight excluding hydrogens is 168 g/mol. The van der Waals surface area contributed by atoms with E-state index < -0.39 is 0 Å². The summed E-state index contributed by atoms with van der Waals surface area (Å²) < 4.78 is 4.11. The minimum atomic E-state index is -0.245. The van der Waals surface area contributed by atoms with Crippen molar-refractivity contribution in [1.29, 1.82) is 10.8 Å². The normalized spacial score (nSPS) is 6.46. The highest BCUT2D eigenvalue weighted by molar-refractivity contribution is 5.65. The van der Waals surface area contributed by atoms with Gasteiger partial charge < -0.3 is 4.74 Å². The van der Waals surface area contributed by atoms with Crippen LogP contribution in [0.25, 0.3) is 0 Å². The maximum absolute atomic E-state index is 9.59. The Balaban J connectivity index is 0. The molecule has 0 aliphatic carbocycles. The summed E-state index contributed by atoms with van der Waals surface area (Å²) in [6.45, 7) is 1.36. The predicted octanol–water partition coefficient (Wildman–Crippen LogP) is 1.90. The number of hydrogen-bond acceptors (Lipinski definition) is 4. The summed E-state index contributed by atoms with van der Waals surface area (Å²) in [6.07, 6.45) is 0. The molecule has 4 nitrogen and oxygen atoms in total. The zero-order chi connectivity index (χ0) is 10.5. The van der Waals surface area contributed by atoms with Crippen molar-refractivity contribution in [2.24, 2.45) is 0 Å². The molecule has 0 spiro atoms. The van der Waals surface area contributed by atoms with Crippen LogP contribution < -0.4 is 0 Å². The highest BCUT2D eigenvalue weighted by atomic mass is 16.5. The van der Waals surface area contributed by atoms with E-state index >= 15 is 0 Å². The Morgan fingerprint density at radius 2 is 1.15 bits per heavy atom. The molecule has 70 valence electrons. The fraction of sp³-hybridized carbons (Fsp3) is 0.222. The fourth-order valence-corrected chi connectivity index (χ4v) is 0.385. The van der Waals surface area contributed by atoms with Crippen LogP contribution in [0.2, 0.25) is 0 Å². The molecule has 1 aromatic carbocycles. The number of carbonyl (C=O) groups excluding carboxylic acids is 1. The third kappa shape index (κ3) is 17.8. The molecule has 0 heterocycles. The lowest BCUT2D eigenvalue weighted by molar-refractivity contribution is -0.137. The molecule has 0 radical (unpaired) electrons. The maximum Gasteiger partial charge on any atom is 0.302 e. The Bertz CT molecular complexity index is 195. The zero-order valence-corrected chi connectivity index (χ0v) is 7.68. The summed E-state index contributed by atoms with van der Waals surface area (Å²) in [4.78, 5) is 9.59. The lowest BCUT2D eigenvalue weighted by Gasteiger charge is -1.80. The van der Waals surface area contributed by atoms with Crippen LogP contribution >= 0.6 is 0 Å². The molecule has 0 aliphatic rings. The molecule has 0 aliphatic heterocycles. The lowest BCUT2D eigenvalue weighted by atomic mass is 10.4. The van der Waals surface area contributed by atoms with Crippen molar-refractivity contribution in [3.63, 3.8) is 0 Å². The van der Waals surface area contributed by atoms with Gasteiger partial charge in [-0.3, -0.25) is 4.79 Å². The maximum atomic E-state index is 9.59. The molecular formula is C9H12N2O2. The van der Waals surface area contributed by atoms with E-state index in [1.807, 2.05) is 36.4 Å². The minimum Gasteiger partial charge on any atom is -0.469 e. The third-order valence-electron chi connectivity index (χ3n) is 0.954. The number of nitrogens with zero attached hydrogens (tertiary/aromatic N) is 2. The van der Waals surface area contributed by atoms with E-state index in [1.54, 1.807) is 0 Å². The first-order valence-corrected chi connectivity index (χ1v) is 3.52. The second kappa shape index (κ2) is 12.8. The first kappa shape index (κ1) is 13.7. The van der Waals surface area contributed by atoms with Gasteiger partial charge in [-0.05, 0) is 0 Å². The largest absolute Gasteiger partial charge is 0.469 e. The van der Waals surface area contributed by atoms with Crippen LogP contribution in [0.4, 0.5) is 0 Å². The first-order valence-electron chi connectivity index (χ1n) is 3.52. The number of ether oxygens (including phenoxy) is 1. The zero-order valence-electron chi connectivity index (χ0n) is 7.68. The van der Waals surface area contributed by atoms with Crippen molar-refractivity contribution in [3.8, 4) is 0 Å². The number of carbonyl (C=O) groups is 1. The minimum absolute atomic E-state index is 0.245. The smallest absolute Gasteiger partial charge is 0.302 e. The SMILES string of the molecule is COC(C)=O.N#N.c1ccccc1. The van der Waals surface area contributed by atoms with Gasteiger partial charge in [0.2, 0.25) is 0 Å².